The molecule has 1 atom stereocenters. The molecule has 4 rings (SSSR count). The van der Waals surface area contributed by atoms with E-state index < -0.39 is 17.2 Å². The molecule has 0 amide bonds. The Labute approximate surface area is 177 Å². The maximum Gasteiger partial charge on any atom is 0.292 e. The van der Waals surface area contributed by atoms with Gasteiger partial charge in [0.25, 0.3) is 5.56 Å². The van der Waals surface area contributed by atoms with Crippen molar-refractivity contribution in [2.75, 3.05) is 25.0 Å². The van der Waals surface area contributed by atoms with Crippen LogP contribution in [0, 0.1) is 11.6 Å². The molecule has 0 spiro atoms. The Bertz CT molecular complexity index is 1080. The zero-order valence-electron chi connectivity index (χ0n) is 16.2. The topological polar surface area (TPSA) is 50.2 Å². The van der Waals surface area contributed by atoms with Crippen molar-refractivity contribution in [1.82, 2.24) is 14.7 Å². The summed E-state index contributed by atoms with van der Waals surface area (Å²) < 4.78 is 28.1. The lowest BCUT2D eigenvalue weighted by Crippen LogP contribution is -2.30. The molecule has 1 N–H and O–H groups in total. The summed E-state index contributed by atoms with van der Waals surface area (Å²) in [7, 11) is 0. The first kappa shape index (κ1) is 20.5. The van der Waals surface area contributed by atoms with Gasteiger partial charge in [0.05, 0.1) is 17.9 Å². The minimum Gasteiger partial charge on any atom is -0.374 e. The first-order valence-corrected chi connectivity index (χ1v) is 10.2. The normalized spacial score (nSPS) is 15.3. The maximum absolute atomic E-state index is 14.1. The third kappa shape index (κ3) is 4.37. The number of nitrogens with zero attached hydrogens (tertiary/aromatic N) is 3. The number of anilines is 1. The second-order valence-electron chi connectivity index (χ2n) is 7.30. The zero-order valence-corrected chi connectivity index (χ0v) is 16.9. The Hall–Kier alpha value is -2.77. The van der Waals surface area contributed by atoms with Gasteiger partial charge in [-0.25, -0.2) is 8.78 Å². The highest BCUT2D eigenvalue weighted by atomic mass is 35.5. The highest BCUT2D eigenvalue weighted by molar-refractivity contribution is 6.33. The smallest absolute Gasteiger partial charge is 0.292 e. The van der Waals surface area contributed by atoms with Crippen LogP contribution in [-0.2, 0) is 0 Å². The maximum atomic E-state index is 14.1. The van der Waals surface area contributed by atoms with Gasteiger partial charge in [0.1, 0.15) is 16.5 Å². The van der Waals surface area contributed by atoms with E-state index in [-0.39, 0.29) is 16.8 Å². The Morgan fingerprint density at radius 2 is 1.83 bits per heavy atom. The first-order valence-electron chi connectivity index (χ1n) is 9.80. The number of aromatic nitrogens is 2. The monoisotopic (exact) mass is 430 g/mol. The fourth-order valence-electron chi connectivity index (χ4n) is 3.69. The van der Waals surface area contributed by atoms with E-state index in [2.05, 4.69) is 15.3 Å². The Kier molecular flexibility index (Phi) is 6.11. The van der Waals surface area contributed by atoms with Gasteiger partial charge in [0.2, 0.25) is 0 Å². The van der Waals surface area contributed by atoms with Crippen LogP contribution in [0.25, 0.3) is 5.69 Å². The summed E-state index contributed by atoms with van der Waals surface area (Å²) in [6.45, 7) is 2.82. The number of benzene rings is 2. The molecule has 1 aliphatic rings. The molecule has 1 aliphatic heterocycles. The number of hydrogen-bond donors (Lipinski definition) is 1. The molecule has 1 saturated heterocycles. The lowest BCUT2D eigenvalue weighted by molar-refractivity contribution is 0.323. The van der Waals surface area contributed by atoms with Gasteiger partial charge in [-0.05, 0) is 43.6 Å². The van der Waals surface area contributed by atoms with Crippen molar-refractivity contribution in [3.8, 4) is 5.69 Å². The van der Waals surface area contributed by atoms with Crippen molar-refractivity contribution in [3.63, 3.8) is 0 Å². The molecule has 0 radical (unpaired) electrons. The second kappa shape index (κ2) is 8.93. The van der Waals surface area contributed by atoms with Crippen LogP contribution in [0.5, 0.6) is 0 Å². The van der Waals surface area contributed by atoms with Crippen LogP contribution < -0.4 is 10.9 Å². The summed E-state index contributed by atoms with van der Waals surface area (Å²) in [6, 6.07) is 12.7. The largest absolute Gasteiger partial charge is 0.374 e. The molecular formula is C22H21ClF2N4O. The van der Waals surface area contributed by atoms with Gasteiger partial charge in [0.15, 0.2) is 5.82 Å². The summed E-state index contributed by atoms with van der Waals surface area (Å²) in [6.07, 6.45) is 3.73. The van der Waals surface area contributed by atoms with Gasteiger partial charge in [-0.15, -0.1) is 0 Å². The molecular weight excluding hydrogens is 410 g/mol. The minimum absolute atomic E-state index is 0.0959. The van der Waals surface area contributed by atoms with Crippen molar-refractivity contribution < 1.29 is 8.78 Å². The molecule has 5 nitrogen and oxygen atoms in total. The zero-order chi connectivity index (χ0) is 21.1. The van der Waals surface area contributed by atoms with E-state index >= 15 is 0 Å². The predicted molar refractivity (Wildman–Crippen MR) is 113 cm³/mol. The van der Waals surface area contributed by atoms with Crippen LogP contribution >= 0.6 is 11.6 Å². The Balaban J connectivity index is 1.65. The molecule has 1 unspecified atom stereocenters. The summed E-state index contributed by atoms with van der Waals surface area (Å²) in [5.41, 5.74) is 0.592. The van der Waals surface area contributed by atoms with Crippen molar-refractivity contribution in [1.29, 1.82) is 0 Å². The van der Waals surface area contributed by atoms with Crippen LogP contribution in [0.15, 0.2) is 59.5 Å². The lowest BCUT2D eigenvalue weighted by Gasteiger charge is -2.26. The number of rotatable bonds is 6. The van der Waals surface area contributed by atoms with Crippen molar-refractivity contribution >= 4 is 17.3 Å². The number of hydrogen-bond acceptors (Lipinski definition) is 4. The van der Waals surface area contributed by atoms with E-state index in [0.717, 1.165) is 42.0 Å². The summed E-state index contributed by atoms with van der Waals surface area (Å²) in [5, 5.41) is 7.29. The number of likely N-dealkylation sites (tertiary alicyclic amines) is 1. The van der Waals surface area contributed by atoms with Crippen LogP contribution in [0.3, 0.4) is 0 Å². The Morgan fingerprint density at radius 3 is 2.53 bits per heavy atom. The third-order valence-corrected chi connectivity index (χ3v) is 5.59. The quantitative estimate of drug-likeness (QED) is 0.629. The van der Waals surface area contributed by atoms with E-state index in [1.807, 2.05) is 30.3 Å². The predicted octanol–water partition coefficient (Wildman–Crippen LogP) is 4.41. The standard InChI is InChI=1S/C22H21ClF2N4O/c23-21-18(13-26-29(22(21)30)20-9-8-16(24)12-17(20)25)27-19(14-28-10-4-5-11-28)15-6-2-1-3-7-15/h1-3,6-9,12-13,19,27H,4-5,10-11,14H2. The van der Waals surface area contributed by atoms with Crippen molar-refractivity contribution in [2.45, 2.75) is 18.9 Å². The van der Waals surface area contributed by atoms with Crippen molar-refractivity contribution in [3.05, 3.63) is 87.3 Å². The molecule has 1 fully saturated rings. The summed E-state index contributed by atoms with van der Waals surface area (Å²) in [4.78, 5) is 15.1. The Morgan fingerprint density at radius 1 is 1.10 bits per heavy atom. The van der Waals surface area contributed by atoms with E-state index in [4.69, 9.17) is 11.6 Å². The van der Waals surface area contributed by atoms with E-state index in [1.54, 1.807) is 0 Å². The molecule has 2 aromatic carbocycles. The SMILES string of the molecule is O=c1c(Cl)c(NC(CN2CCCC2)c2ccccc2)cnn1-c1ccc(F)cc1F. The van der Waals surface area contributed by atoms with Gasteiger partial charge in [0, 0.05) is 12.6 Å². The molecule has 1 aromatic heterocycles. The van der Waals surface area contributed by atoms with E-state index in [1.165, 1.54) is 19.0 Å². The van der Waals surface area contributed by atoms with Crippen LogP contribution in [0.2, 0.25) is 5.02 Å². The van der Waals surface area contributed by atoms with Gasteiger partial charge < -0.3 is 10.2 Å². The average molecular weight is 431 g/mol. The fourth-order valence-corrected chi connectivity index (χ4v) is 3.87. The molecule has 30 heavy (non-hydrogen) atoms. The number of halogens is 3. The highest BCUT2D eigenvalue weighted by Crippen LogP contribution is 2.26. The molecule has 8 heteroatoms. The van der Waals surface area contributed by atoms with Crippen molar-refractivity contribution in [2.24, 2.45) is 0 Å². The van der Waals surface area contributed by atoms with Crippen LogP contribution in [-0.4, -0.2) is 34.3 Å². The molecule has 3 aromatic rings. The highest BCUT2D eigenvalue weighted by Gasteiger charge is 2.21. The molecule has 156 valence electrons. The first-order chi connectivity index (χ1) is 14.5. The lowest BCUT2D eigenvalue weighted by atomic mass is 10.1. The van der Waals surface area contributed by atoms with Crippen LogP contribution in [0.1, 0.15) is 24.4 Å². The second-order valence-corrected chi connectivity index (χ2v) is 7.68. The van der Waals surface area contributed by atoms with Crippen LogP contribution in [0.4, 0.5) is 14.5 Å². The fraction of sp³-hybridized carbons (Fsp3) is 0.273. The molecule has 0 aliphatic carbocycles. The average Bonchev–Trinajstić information content (AvgIpc) is 3.25. The third-order valence-electron chi connectivity index (χ3n) is 5.23. The van der Waals surface area contributed by atoms with E-state index in [9.17, 15) is 13.6 Å². The molecule has 0 saturated carbocycles. The van der Waals surface area contributed by atoms with Gasteiger partial charge in [-0.1, -0.05) is 41.9 Å². The number of nitrogens with one attached hydrogen (secondary N) is 1. The van der Waals surface area contributed by atoms with Gasteiger partial charge >= 0.3 is 0 Å². The van der Waals surface area contributed by atoms with Gasteiger partial charge in [-0.3, -0.25) is 4.79 Å². The summed E-state index contributed by atoms with van der Waals surface area (Å²) >= 11 is 6.33. The molecule has 2 heterocycles. The summed E-state index contributed by atoms with van der Waals surface area (Å²) in [5.74, 6) is -1.63. The molecule has 0 bridgehead atoms. The minimum atomic E-state index is -0.891. The van der Waals surface area contributed by atoms with Gasteiger partial charge in [-0.2, -0.15) is 9.78 Å². The van der Waals surface area contributed by atoms with E-state index in [0.29, 0.717) is 11.8 Å².